The standard InChI is InChI=1S/C4H8N4O2S2/c1-12(9,10)8-4-7-6-3(2-5)11-4/h2,5H2,1H3,(H,7,8). The Kier molecular flexibility index (Phi) is 2.60. The van der Waals surface area contributed by atoms with Crippen LogP contribution in [0, 0.1) is 0 Å². The molecule has 0 amide bonds. The molecular formula is C4H8N4O2S2. The molecule has 0 aromatic carbocycles. The zero-order valence-electron chi connectivity index (χ0n) is 6.31. The third kappa shape index (κ3) is 2.72. The van der Waals surface area contributed by atoms with Crippen LogP contribution >= 0.6 is 11.3 Å². The first-order chi connectivity index (χ1) is 5.51. The number of aromatic nitrogens is 2. The van der Waals surface area contributed by atoms with Crippen LogP contribution in [0.1, 0.15) is 5.01 Å². The van der Waals surface area contributed by atoms with Crippen molar-refractivity contribution in [2.75, 3.05) is 11.0 Å². The van der Waals surface area contributed by atoms with Crippen LogP contribution in [0.5, 0.6) is 0 Å². The maximum absolute atomic E-state index is 10.7. The molecule has 1 aromatic heterocycles. The monoisotopic (exact) mass is 208 g/mol. The minimum atomic E-state index is -3.25. The molecule has 0 radical (unpaired) electrons. The van der Waals surface area contributed by atoms with Gasteiger partial charge in [-0.2, -0.15) is 0 Å². The fraction of sp³-hybridized carbons (Fsp3) is 0.500. The van der Waals surface area contributed by atoms with Crippen molar-refractivity contribution in [3.05, 3.63) is 5.01 Å². The highest BCUT2D eigenvalue weighted by molar-refractivity contribution is 7.92. The first-order valence-corrected chi connectivity index (χ1v) is 5.72. The van der Waals surface area contributed by atoms with Gasteiger partial charge in [-0.25, -0.2) is 8.42 Å². The van der Waals surface area contributed by atoms with Crippen LogP contribution < -0.4 is 10.5 Å². The van der Waals surface area contributed by atoms with Gasteiger partial charge in [0.05, 0.1) is 6.26 Å². The number of hydrogen-bond acceptors (Lipinski definition) is 6. The number of nitrogens with zero attached hydrogens (tertiary/aromatic N) is 2. The van der Waals surface area contributed by atoms with Crippen LogP contribution in [0.25, 0.3) is 0 Å². The van der Waals surface area contributed by atoms with Gasteiger partial charge in [0.25, 0.3) is 0 Å². The second-order valence-electron chi connectivity index (χ2n) is 2.08. The summed E-state index contributed by atoms with van der Waals surface area (Å²) < 4.78 is 23.6. The molecule has 6 nitrogen and oxygen atoms in total. The van der Waals surface area contributed by atoms with Crippen molar-refractivity contribution in [2.45, 2.75) is 6.54 Å². The summed E-state index contributed by atoms with van der Waals surface area (Å²) in [6.07, 6.45) is 1.05. The molecule has 0 saturated carbocycles. The van der Waals surface area contributed by atoms with Gasteiger partial charge >= 0.3 is 0 Å². The number of anilines is 1. The van der Waals surface area contributed by atoms with Crippen molar-refractivity contribution >= 4 is 26.5 Å². The lowest BCUT2D eigenvalue weighted by Crippen LogP contribution is -2.08. The summed E-state index contributed by atoms with van der Waals surface area (Å²) in [7, 11) is -3.25. The Morgan fingerprint density at radius 1 is 1.58 bits per heavy atom. The summed E-state index contributed by atoms with van der Waals surface area (Å²) >= 11 is 1.12. The van der Waals surface area contributed by atoms with Gasteiger partial charge in [0, 0.05) is 6.54 Å². The second kappa shape index (κ2) is 3.33. The number of sulfonamides is 1. The lowest BCUT2D eigenvalue weighted by Gasteiger charge is -1.94. The van der Waals surface area contributed by atoms with Crippen molar-refractivity contribution in [1.29, 1.82) is 0 Å². The Morgan fingerprint density at radius 3 is 2.67 bits per heavy atom. The minimum Gasteiger partial charge on any atom is -0.324 e. The maximum Gasteiger partial charge on any atom is 0.231 e. The maximum atomic E-state index is 10.7. The van der Waals surface area contributed by atoms with Crippen molar-refractivity contribution in [2.24, 2.45) is 5.73 Å². The fourth-order valence-corrected chi connectivity index (χ4v) is 1.98. The lowest BCUT2D eigenvalue weighted by atomic mass is 10.7. The van der Waals surface area contributed by atoms with E-state index in [4.69, 9.17) is 5.73 Å². The van der Waals surface area contributed by atoms with Gasteiger partial charge in [0.2, 0.25) is 15.2 Å². The van der Waals surface area contributed by atoms with Crippen molar-refractivity contribution in [1.82, 2.24) is 10.2 Å². The molecule has 0 atom stereocenters. The first kappa shape index (κ1) is 9.36. The number of hydrogen-bond donors (Lipinski definition) is 2. The van der Waals surface area contributed by atoms with Gasteiger partial charge < -0.3 is 5.73 Å². The Labute approximate surface area is 73.9 Å². The molecule has 12 heavy (non-hydrogen) atoms. The Bertz CT molecular complexity index is 357. The largest absolute Gasteiger partial charge is 0.324 e. The number of rotatable bonds is 3. The molecule has 3 N–H and O–H groups in total. The van der Waals surface area contributed by atoms with E-state index < -0.39 is 10.0 Å². The number of nitrogens with one attached hydrogen (secondary N) is 1. The van der Waals surface area contributed by atoms with E-state index in [-0.39, 0.29) is 11.7 Å². The van der Waals surface area contributed by atoms with Gasteiger partial charge in [0.15, 0.2) is 0 Å². The molecule has 0 spiro atoms. The van der Waals surface area contributed by atoms with Crippen molar-refractivity contribution in [3.63, 3.8) is 0 Å². The average molecular weight is 208 g/mol. The summed E-state index contributed by atoms with van der Waals surface area (Å²) in [5.74, 6) is 0. The zero-order chi connectivity index (χ0) is 9.19. The SMILES string of the molecule is CS(=O)(=O)Nc1nnc(CN)s1. The molecule has 1 aromatic rings. The van der Waals surface area contributed by atoms with Gasteiger partial charge in [-0.1, -0.05) is 11.3 Å². The summed E-state index contributed by atoms with van der Waals surface area (Å²) in [5, 5.41) is 8.05. The molecule has 1 rings (SSSR count). The zero-order valence-corrected chi connectivity index (χ0v) is 7.94. The van der Waals surface area contributed by atoms with Crippen molar-refractivity contribution in [3.8, 4) is 0 Å². The molecule has 1 heterocycles. The fourth-order valence-electron chi connectivity index (χ4n) is 0.536. The molecule has 0 bridgehead atoms. The van der Waals surface area contributed by atoms with Crippen LogP contribution in [0.15, 0.2) is 0 Å². The summed E-state index contributed by atoms with van der Waals surface area (Å²) in [6, 6.07) is 0. The quantitative estimate of drug-likeness (QED) is 0.689. The highest BCUT2D eigenvalue weighted by Gasteiger charge is 2.06. The highest BCUT2D eigenvalue weighted by atomic mass is 32.2. The van der Waals surface area contributed by atoms with Crippen LogP contribution in [0.2, 0.25) is 0 Å². The van der Waals surface area contributed by atoms with E-state index in [9.17, 15) is 8.42 Å². The second-order valence-corrected chi connectivity index (χ2v) is 4.89. The van der Waals surface area contributed by atoms with E-state index in [1.54, 1.807) is 0 Å². The smallest absolute Gasteiger partial charge is 0.231 e. The van der Waals surface area contributed by atoms with Gasteiger partial charge in [-0.05, 0) is 0 Å². The topological polar surface area (TPSA) is 98.0 Å². The van der Waals surface area contributed by atoms with E-state index in [1.807, 2.05) is 0 Å². The predicted molar refractivity (Wildman–Crippen MR) is 46.3 cm³/mol. The molecule has 0 aliphatic rings. The third-order valence-corrected chi connectivity index (χ3v) is 2.47. The number of nitrogens with two attached hydrogens (primary N) is 1. The Hall–Kier alpha value is -0.730. The van der Waals surface area contributed by atoms with Crippen LogP contribution in [-0.4, -0.2) is 24.9 Å². The average Bonchev–Trinajstić information content (AvgIpc) is 2.32. The molecule has 68 valence electrons. The van der Waals surface area contributed by atoms with Crippen LogP contribution in [0.4, 0.5) is 5.13 Å². The molecule has 0 saturated heterocycles. The summed E-state index contributed by atoms with van der Waals surface area (Å²) in [5.41, 5.74) is 5.26. The molecule has 0 aliphatic heterocycles. The molecule has 0 unspecified atom stereocenters. The van der Waals surface area contributed by atoms with Gasteiger partial charge in [0.1, 0.15) is 5.01 Å². The van der Waals surface area contributed by atoms with Crippen LogP contribution in [-0.2, 0) is 16.6 Å². The summed E-state index contributed by atoms with van der Waals surface area (Å²) in [6.45, 7) is 0.267. The molecular weight excluding hydrogens is 200 g/mol. The Balaban J connectivity index is 2.78. The molecule has 8 heteroatoms. The lowest BCUT2D eigenvalue weighted by molar-refractivity contribution is 0.606. The first-order valence-electron chi connectivity index (χ1n) is 3.01. The van der Waals surface area contributed by atoms with Crippen molar-refractivity contribution < 1.29 is 8.42 Å². The van der Waals surface area contributed by atoms with E-state index in [0.717, 1.165) is 17.6 Å². The highest BCUT2D eigenvalue weighted by Crippen LogP contribution is 2.14. The Morgan fingerprint density at radius 2 is 2.25 bits per heavy atom. The van der Waals surface area contributed by atoms with E-state index in [0.29, 0.717) is 5.01 Å². The third-order valence-electron chi connectivity index (χ3n) is 0.914. The predicted octanol–water partition coefficient (Wildman–Crippen LogP) is -0.632. The normalized spacial score (nSPS) is 11.5. The van der Waals surface area contributed by atoms with Gasteiger partial charge in [-0.15, -0.1) is 10.2 Å². The molecule has 0 aliphatic carbocycles. The minimum absolute atomic E-state index is 0.248. The van der Waals surface area contributed by atoms with E-state index in [1.165, 1.54) is 0 Å². The van der Waals surface area contributed by atoms with Crippen LogP contribution in [0.3, 0.4) is 0 Å². The molecule has 0 fully saturated rings. The summed E-state index contributed by atoms with van der Waals surface area (Å²) in [4.78, 5) is 0. The van der Waals surface area contributed by atoms with E-state index >= 15 is 0 Å². The van der Waals surface area contributed by atoms with Gasteiger partial charge in [-0.3, -0.25) is 4.72 Å². The van der Waals surface area contributed by atoms with E-state index in [2.05, 4.69) is 14.9 Å².